The second-order valence-corrected chi connectivity index (χ2v) is 13.5. The molecule has 0 saturated carbocycles. The molecule has 2 aromatic carbocycles. The van der Waals surface area contributed by atoms with Gasteiger partial charge in [-0.3, -0.25) is 9.80 Å². The van der Waals surface area contributed by atoms with E-state index in [1.165, 1.54) is 25.3 Å². The van der Waals surface area contributed by atoms with Crippen molar-refractivity contribution in [3.05, 3.63) is 58.6 Å². The lowest BCUT2D eigenvalue weighted by atomic mass is 9.84. The Morgan fingerprint density at radius 2 is 1.70 bits per heavy atom. The predicted octanol–water partition coefficient (Wildman–Crippen LogP) is 6.19. The number of piperidine rings is 1. The third kappa shape index (κ3) is 6.44. The van der Waals surface area contributed by atoms with Crippen molar-refractivity contribution in [1.82, 2.24) is 9.80 Å². The molecule has 0 aliphatic carbocycles. The van der Waals surface area contributed by atoms with Crippen molar-refractivity contribution in [2.24, 2.45) is 11.8 Å². The van der Waals surface area contributed by atoms with Crippen LogP contribution in [0.3, 0.4) is 0 Å². The number of ether oxygens (including phenoxy) is 3. The summed E-state index contributed by atoms with van der Waals surface area (Å²) in [5.74, 6) is 1.42. The minimum absolute atomic E-state index is 0.0361. The molecule has 6 atom stereocenters. The van der Waals surface area contributed by atoms with E-state index in [-0.39, 0.29) is 23.6 Å². The number of likely N-dealkylation sites (N-methyl/N-ethyl adjacent to an activating group) is 1. The number of hydrogen-bond acceptors (Lipinski definition) is 7. The number of likely N-dealkylation sites (tertiary alicyclic amines) is 1. The van der Waals surface area contributed by atoms with E-state index < -0.39 is 24.1 Å². The average Bonchev–Trinajstić information content (AvgIpc) is 3.91. The molecule has 4 saturated heterocycles. The molecule has 0 radical (unpaired) electrons. The molecular weight excluding hydrogens is 595 g/mol. The van der Waals surface area contributed by atoms with Crippen LogP contribution in [0.4, 0.5) is 18.9 Å². The summed E-state index contributed by atoms with van der Waals surface area (Å²) in [5, 5.41) is 11.8. The molecule has 0 amide bonds. The van der Waals surface area contributed by atoms with Crippen LogP contribution in [-0.2, 0) is 15.1 Å². The minimum Gasteiger partial charge on any atom is -0.497 e. The van der Waals surface area contributed by atoms with Crippen molar-refractivity contribution in [2.75, 3.05) is 52.3 Å². The Morgan fingerprint density at radius 1 is 0.977 bits per heavy atom. The van der Waals surface area contributed by atoms with E-state index in [1.807, 2.05) is 19.0 Å². The second kappa shape index (κ2) is 12.6. The van der Waals surface area contributed by atoms with Gasteiger partial charge in [-0.25, -0.2) is 0 Å². The molecule has 6 rings (SSSR count). The normalized spacial score (nSPS) is 29.8. The van der Waals surface area contributed by atoms with Crippen LogP contribution in [0, 0.1) is 11.8 Å². The Hall–Kier alpha value is -2.08. The molecule has 1 N–H and O–H groups in total. The number of alkyl halides is 3. The predicted molar refractivity (Wildman–Crippen MR) is 163 cm³/mol. The van der Waals surface area contributed by atoms with Gasteiger partial charge >= 0.3 is 6.18 Å². The van der Waals surface area contributed by atoms with E-state index in [0.29, 0.717) is 24.9 Å². The highest BCUT2D eigenvalue weighted by Crippen LogP contribution is 2.51. The molecular formula is C33H43ClF3N3O4. The molecule has 4 aliphatic rings. The standard InChI is InChI=1S/C33H43ClF3N3O4/c1-38(2)30-28(43-30)26-10-9-24(20-27(26)34)39-15-11-22(12-16-39)18-21-6-5-14-40(17-13-21)31-29(44-31)32(41,33(35,36)37)23-7-4-8-25(19-23)42-3/h4,7-10,19-22,28-31,41H,5-6,11-18H2,1-3H3. The number of methoxy groups -OCH3 is 1. The van der Waals surface area contributed by atoms with Crippen LogP contribution >= 0.6 is 11.6 Å². The van der Waals surface area contributed by atoms with Gasteiger partial charge in [0.2, 0.25) is 5.60 Å². The Kier molecular flexibility index (Phi) is 9.14. The molecule has 44 heavy (non-hydrogen) atoms. The second-order valence-electron chi connectivity index (χ2n) is 13.1. The highest BCUT2D eigenvalue weighted by Gasteiger charge is 2.69. The van der Waals surface area contributed by atoms with Crippen LogP contribution in [0.5, 0.6) is 5.75 Å². The maximum Gasteiger partial charge on any atom is 0.424 e. The Bertz CT molecular complexity index is 1310. The van der Waals surface area contributed by atoms with Crippen molar-refractivity contribution < 1.29 is 32.5 Å². The highest BCUT2D eigenvalue weighted by molar-refractivity contribution is 6.31. The number of aliphatic hydroxyl groups is 1. The van der Waals surface area contributed by atoms with Gasteiger partial charge in [0.1, 0.15) is 30.4 Å². The summed E-state index contributed by atoms with van der Waals surface area (Å²) >= 11 is 6.65. The Morgan fingerprint density at radius 3 is 2.36 bits per heavy atom. The van der Waals surface area contributed by atoms with E-state index in [9.17, 15) is 18.3 Å². The molecule has 242 valence electrons. The zero-order valence-electron chi connectivity index (χ0n) is 25.6. The largest absolute Gasteiger partial charge is 0.497 e. The maximum atomic E-state index is 14.3. The number of benzene rings is 2. The summed E-state index contributed by atoms with van der Waals surface area (Å²) in [7, 11) is 5.39. The first-order chi connectivity index (χ1) is 21.0. The van der Waals surface area contributed by atoms with Gasteiger partial charge in [0.05, 0.1) is 7.11 Å². The Balaban J connectivity index is 0.997. The van der Waals surface area contributed by atoms with E-state index in [0.717, 1.165) is 67.9 Å². The van der Waals surface area contributed by atoms with Gasteiger partial charge in [-0.2, -0.15) is 13.2 Å². The van der Waals surface area contributed by atoms with Crippen molar-refractivity contribution in [3.8, 4) is 5.75 Å². The monoisotopic (exact) mass is 637 g/mol. The van der Waals surface area contributed by atoms with Crippen molar-refractivity contribution in [3.63, 3.8) is 0 Å². The highest BCUT2D eigenvalue weighted by atomic mass is 35.5. The molecule has 11 heteroatoms. The number of rotatable bonds is 9. The van der Waals surface area contributed by atoms with E-state index in [2.05, 4.69) is 28.0 Å². The number of nitrogens with zero attached hydrogens (tertiary/aromatic N) is 3. The first-order valence-corrected chi connectivity index (χ1v) is 16.1. The maximum absolute atomic E-state index is 14.3. The van der Waals surface area contributed by atoms with E-state index in [4.69, 9.17) is 25.8 Å². The number of epoxide rings is 2. The van der Waals surface area contributed by atoms with Gasteiger partial charge in [0.15, 0.2) is 0 Å². The number of hydrogen-bond donors (Lipinski definition) is 1. The molecule has 4 fully saturated rings. The van der Waals surface area contributed by atoms with Gasteiger partial charge in [-0.05, 0) is 94.3 Å². The fourth-order valence-electron chi connectivity index (χ4n) is 7.28. The summed E-state index contributed by atoms with van der Waals surface area (Å²) in [4.78, 5) is 6.46. The molecule has 4 heterocycles. The first kappa shape index (κ1) is 31.9. The molecule has 4 aliphatic heterocycles. The molecule has 7 nitrogen and oxygen atoms in total. The molecule has 0 bridgehead atoms. The molecule has 6 unspecified atom stereocenters. The Labute approximate surface area is 262 Å². The summed E-state index contributed by atoms with van der Waals surface area (Å²) in [5.41, 5.74) is -1.17. The summed E-state index contributed by atoms with van der Waals surface area (Å²) in [6.07, 6.45) is -0.650. The van der Waals surface area contributed by atoms with Gasteiger partial charge in [-0.15, -0.1) is 0 Å². The van der Waals surface area contributed by atoms with E-state index in [1.54, 1.807) is 6.07 Å². The lowest BCUT2D eigenvalue weighted by Crippen LogP contribution is -2.49. The fourth-order valence-corrected chi connectivity index (χ4v) is 7.56. The number of halogens is 4. The smallest absolute Gasteiger partial charge is 0.424 e. The molecule has 2 aromatic rings. The van der Waals surface area contributed by atoms with Gasteiger partial charge in [0, 0.05) is 42.5 Å². The summed E-state index contributed by atoms with van der Waals surface area (Å²) in [6, 6.07) is 11.8. The third-order valence-electron chi connectivity index (χ3n) is 9.98. The average molecular weight is 638 g/mol. The number of anilines is 1. The summed E-state index contributed by atoms with van der Waals surface area (Å²) in [6.45, 7) is 3.30. The van der Waals surface area contributed by atoms with Crippen LogP contribution < -0.4 is 9.64 Å². The van der Waals surface area contributed by atoms with Gasteiger partial charge < -0.3 is 24.2 Å². The quantitative estimate of drug-likeness (QED) is 0.329. The van der Waals surface area contributed by atoms with Gasteiger partial charge in [-0.1, -0.05) is 29.8 Å². The van der Waals surface area contributed by atoms with Crippen molar-refractivity contribution in [1.29, 1.82) is 0 Å². The van der Waals surface area contributed by atoms with Crippen LogP contribution in [0.15, 0.2) is 42.5 Å². The fraction of sp³-hybridized carbons (Fsp3) is 0.636. The molecule has 0 aromatic heterocycles. The lowest BCUT2D eigenvalue weighted by Gasteiger charge is -2.35. The zero-order valence-corrected chi connectivity index (χ0v) is 26.4. The molecule has 0 spiro atoms. The van der Waals surface area contributed by atoms with Crippen molar-refractivity contribution in [2.45, 2.75) is 75.0 Å². The summed E-state index contributed by atoms with van der Waals surface area (Å²) < 4.78 is 59.4. The van der Waals surface area contributed by atoms with Crippen molar-refractivity contribution >= 4 is 17.3 Å². The topological polar surface area (TPSA) is 64.2 Å². The minimum atomic E-state index is -4.89. The third-order valence-corrected chi connectivity index (χ3v) is 10.3. The lowest BCUT2D eigenvalue weighted by molar-refractivity contribution is -0.273. The van der Waals surface area contributed by atoms with Crippen LogP contribution in [0.1, 0.15) is 55.8 Å². The van der Waals surface area contributed by atoms with Crippen LogP contribution in [-0.4, -0.2) is 87.0 Å². The van der Waals surface area contributed by atoms with Gasteiger partial charge in [0.25, 0.3) is 0 Å². The van der Waals surface area contributed by atoms with Crippen LogP contribution in [0.2, 0.25) is 5.02 Å². The first-order valence-electron chi connectivity index (χ1n) is 15.7. The zero-order chi connectivity index (χ0) is 31.2. The van der Waals surface area contributed by atoms with Crippen LogP contribution in [0.25, 0.3) is 0 Å². The SMILES string of the molecule is COc1cccc(C(O)(C2OC2N2CCCC(CC3CCN(c4ccc(C5OC5N(C)C)c(Cl)c4)CC3)CC2)C(F)(F)F)c1. The van der Waals surface area contributed by atoms with E-state index >= 15 is 0 Å².